The SMILES string of the molecule is CCOC(=O)C(=O)c1cc(C(=O)O)c(OC)cc1OC. The lowest BCUT2D eigenvalue weighted by atomic mass is 10.0. The van der Waals surface area contributed by atoms with E-state index in [2.05, 4.69) is 4.74 Å². The quantitative estimate of drug-likeness (QED) is 0.474. The van der Waals surface area contributed by atoms with Crippen LogP contribution in [0.25, 0.3) is 0 Å². The lowest BCUT2D eigenvalue weighted by Gasteiger charge is -2.11. The van der Waals surface area contributed by atoms with E-state index in [1.54, 1.807) is 6.92 Å². The summed E-state index contributed by atoms with van der Waals surface area (Å²) in [7, 11) is 2.57. The van der Waals surface area contributed by atoms with E-state index < -0.39 is 17.7 Å². The number of ether oxygens (including phenoxy) is 3. The monoisotopic (exact) mass is 282 g/mol. The number of carbonyl (C=O) groups is 3. The van der Waals surface area contributed by atoms with Crippen LogP contribution in [0.1, 0.15) is 27.6 Å². The van der Waals surface area contributed by atoms with Crippen LogP contribution in [0.4, 0.5) is 0 Å². The van der Waals surface area contributed by atoms with Crippen molar-refractivity contribution in [2.24, 2.45) is 0 Å². The van der Waals surface area contributed by atoms with Gasteiger partial charge >= 0.3 is 11.9 Å². The summed E-state index contributed by atoms with van der Waals surface area (Å²) >= 11 is 0. The average molecular weight is 282 g/mol. The minimum atomic E-state index is -1.29. The largest absolute Gasteiger partial charge is 0.496 e. The Morgan fingerprint density at radius 2 is 1.60 bits per heavy atom. The van der Waals surface area contributed by atoms with E-state index in [1.807, 2.05) is 0 Å². The summed E-state index contributed by atoms with van der Waals surface area (Å²) in [6, 6.07) is 2.26. The van der Waals surface area contributed by atoms with E-state index in [0.717, 1.165) is 6.07 Å². The summed E-state index contributed by atoms with van der Waals surface area (Å²) in [4.78, 5) is 34.4. The highest BCUT2D eigenvalue weighted by atomic mass is 16.5. The lowest BCUT2D eigenvalue weighted by Crippen LogP contribution is -2.19. The van der Waals surface area contributed by atoms with Gasteiger partial charge in [-0.2, -0.15) is 0 Å². The molecule has 0 heterocycles. The van der Waals surface area contributed by atoms with Gasteiger partial charge in [0.2, 0.25) is 0 Å². The predicted octanol–water partition coefficient (Wildman–Crippen LogP) is 1.15. The van der Waals surface area contributed by atoms with Crippen molar-refractivity contribution in [3.63, 3.8) is 0 Å². The van der Waals surface area contributed by atoms with Gasteiger partial charge in [0, 0.05) is 6.07 Å². The molecule has 0 atom stereocenters. The normalized spacial score (nSPS) is 9.75. The third kappa shape index (κ3) is 3.05. The molecule has 0 bridgehead atoms. The molecule has 7 nitrogen and oxygen atoms in total. The molecule has 0 unspecified atom stereocenters. The Labute approximate surface area is 115 Å². The van der Waals surface area contributed by atoms with Crippen LogP contribution in [0.15, 0.2) is 12.1 Å². The van der Waals surface area contributed by atoms with Gasteiger partial charge in [0.1, 0.15) is 17.1 Å². The number of rotatable bonds is 6. The second-order valence-corrected chi connectivity index (χ2v) is 3.61. The Balaban J connectivity index is 3.37. The van der Waals surface area contributed by atoms with Gasteiger partial charge in [0.15, 0.2) is 0 Å². The van der Waals surface area contributed by atoms with Crippen molar-refractivity contribution in [1.29, 1.82) is 0 Å². The zero-order chi connectivity index (χ0) is 15.3. The number of carboxylic acids is 1. The molecule has 0 fully saturated rings. The number of aromatic carboxylic acids is 1. The van der Waals surface area contributed by atoms with Gasteiger partial charge < -0.3 is 19.3 Å². The van der Waals surface area contributed by atoms with Crippen LogP contribution in [-0.4, -0.2) is 43.7 Å². The molecule has 0 amide bonds. The first-order chi connectivity index (χ1) is 9.46. The fourth-order valence-corrected chi connectivity index (χ4v) is 1.55. The molecule has 7 heteroatoms. The highest BCUT2D eigenvalue weighted by molar-refractivity contribution is 6.41. The first kappa shape index (κ1) is 15.5. The summed E-state index contributed by atoms with van der Waals surface area (Å²) in [5.74, 6) is -3.29. The number of esters is 1. The Morgan fingerprint density at radius 3 is 2.05 bits per heavy atom. The number of benzene rings is 1. The molecule has 1 aromatic carbocycles. The van der Waals surface area contributed by atoms with Crippen LogP contribution in [0.3, 0.4) is 0 Å². The third-order valence-electron chi connectivity index (χ3n) is 2.46. The van der Waals surface area contributed by atoms with Crippen LogP contribution in [-0.2, 0) is 9.53 Å². The maximum Gasteiger partial charge on any atom is 0.379 e. The summed E-state index contributed by atoms with van der Waals surface area (Å²) in [6.07, 6.45) is 0. The number of Topliss-reactive ketones (excluding diaryl/α,β-unsaturated/α-hetero) is 1. The summed E-state index contributed by atoms with van der Waals surface area (Å²) < 4.78 is 14.5. The molecule has 0 aliphatic rings. The van der Waals surface area contributed by atoms with E-state index in [0.29, 0.717) is 0 Å². The molecule has 1 N–H and O–H groups in total. The maximum atomic E-state index is 11.9. The number of carboxylic acid groups (broad SMARTS) is 1. The number of hydrogen-bond donors (Lipinski definition) is 1. The standard InChI is InChI=1S/C13H14O7/c1-4-20-13(17)11(14)7-5-8(12(15)16)10(19-3)6-9(7)18-2/h5-6H,4H2,1-3H3,(H,15,16). The van der Waals surface area contributed by atoms with Crippen molar-refractivity contribution in [2.45, 2.75) is 6.92 Å². The number of ketones is 1. The van der Waals surface area contributed by atoms with E-state index >= 15 is 0 Å². The van der Waals surface area contributed by atoms with Gasteiger partial charge in [-0.1, -0.05) is 0 Å². The zero-order valence-corrected chi connectivity index (χ0v) is 11.3. The molecule has 0 aliphatic heterocycles. The van der Waals surface area contributed by atoms with Gasteiger partial charge in [-0.25, -0.2) is 9.59 Å². The average Bonchev–Trinajstić information content (AvgIpc) is 2.44. The fourth-order valence-electron chi connectivity index (χ4n) is 1.55. The molecule has 1 aromatic rings. The van der Waals surface area contributed by atoms with E-state index in [4.69, 9.17) is 14.6 Å². The fraction of sp³-hybridized carbons (Fsp3) is 0.308. The van der Waals surface area contributed by atoms with Crippen molar-refractivity contribution >= 4 is 17.7 Å². The summed E-state index contributed by atoms with van der Waals surface area (Å²) in [6.45, 7) is 1.59. The van der Waals surface area contributed by atoms with Crippen LogP contribution in [0.5, 0.6) is 11.5 Å². The second-order valence-electron chi connectivity index (χ2n) is 3.61. The minimum Gasteiger partial charge on any atom is -0.496 e. The van der Waals surface area contributed by atoms with Crippen molar-refractivity contribution in [2.75, 3.05) is 20.8 Å². The molecule has 1 rings (SSSR count). The van der Waals surface area contributed by atoms with E-state index in [-0.39, 0.29) is 29.2 Å². The smallest absolute Gasteiger partial charge is 0.379 e. The molecule has 0 aliphatic carbocycles. The molecular formula is C13H14O7. The van der Waals surface area contributed by atoms with Crippen LogP contribution >= 0.6 is 0 Å². The van der Waals surface area contributed by atoms with E-state index in [1.165, 1.54) is 20.3 Å². The Bertz CT molecular complexity index is 548. The van der Waals surface area contributed by atoms with Gasteiger partial charge in [0.05, 0.1) is 26.4 Å². The summed E-state index contributed by atoms with van der Waals surface area (Å²) in [5.41, 5.74) is -0.440. The molecule has 108 valence electrons. The topological polar surface area (TPSA) is 99.1 Å². The third-order valence-corrected chi connectivity index (χ3v) is 2.46. The van der Waals surface area contributed by atoms with Gasteiger partial charge in [-0.15, -0.1) is 0 Å². The molecule has 0 saturated carbocycles. The zero-order valence-electron chi connectivity index (χ0n) is 11.3. The molecule has 0 saturated heterocycles. The van der Waals surface area contributed by atoms with Crippen molar-refractivity contribution in [3.8, 4) is 11.5 Å². The van der Waals surface area contributed by atoms with Crippen LogP contribution in [0.2, 0.25) is 0 Å². The molecule has 0 spiro atoms. The molecular weight excluding hydrogens is 268 g/mol. The van der Waals surface area contributed by atoms with Gasteiger partial charge in [0.25, 0.3) is 5.78 Å². The van der Waals surface area contributed by atoms with Crippen molar-refractivity contribution < 1.29 is 33.7 Å². The first-order valence-corrected chi connectivity index (χ1v) is 5.67. The van der Waals surface area contributed by atoms with Crippen LogP contribution < -0.4 is 9.47 Å². The lowest BCUT2D eigenvalue weighted by molar-refractivity contribution is -0.137. The highest BCUT2D eigenvalue weighted by Crippen LogP contribution is 2.29. The van der Waals surface area contributed by atoms with Crippen molar-refractivity contribution in [3.05, 3.63) is 23.3 Å². The molecule has 0 aromatic heterocycles. The van der Waals surface area contributed by atoms with Crippen LogP contribution in [0, 0.1) is 0 Å². The second kappa shape index (κ2) is 6.55. The molecule has 20 heavy (non-hydrogen) atoms. The van der Waals surface area contributed by atoms with Crippen molar-refractivity contribution in [1.82, 2.24) is 0 Å². The Kier molecular flexibility index (Phi) is 5.08. The maximum absolute atomic E-state index is 11.9. The summed E-state index contributed by atoms with van der Waals surface area (Å²) in [5, 5.41) is 9.06. The molecule has 0 radical (unpaired) electrons. The highest BCUT2D eigenvalue weighted by Gasteiger charge is 2.25. The van der Waals surface area contributed by atoms with E-state index in [9.17, 15) is 14.4 Å². The Morgan fingerprint density at radius 1 is 1.05 bits per heavy atom. The number of hydrogen-bond acceptors (Lipinski definition) is 6. The van der Waals surface area contributed by atoms with Gasteiger partial charge in [-0.05, 0) is 13.0 Å². The van der Waals surface area contributed by atoms with Gasteiger partial charge in [-0.3, -0.25) is 4.79 Å². The predicted molar refractivity (Wildman–Crippen MR) is 67.5 cm³/mol. The Hall–Kier alpha value is -2.57. The minimum absolute atomic E-state index is 0.0229. The number of methoxy groups -OCH3 is 2. The first-order valence-electron chi connectivity index (χ1n) is 5.67. The number of carbonyl (C=O) groups excluding carboxylic acids is 2.